The number of hydrogen-bond donors (Lipinski definition) is 2. The number of ether oxygens (including phenoxy) is 2. The van der Waals surface area contributed by atoms with E-state index in [1.807, 2.05) is 36.4 Å². The molecule has 6 nitrogen and oxygen atoms in total. The minimum absolute atomic E-state index is 0.0273. The Hall–Kier alpha value is -2.54. The molecule has 1 aliphatic heterocycles. The Morgan fingerprint density at radius 1 is 1.08 bits per heavy atom. The molecule has 2 N–H and O–H groups in total. The van der Waals surface area contributed by atoms with Gasteiger partial charge < -0.3 is 14.8 Å². The van der Waals surface area contributed by atoms with Crippen molar-refractivity contribution in [1.29, 1.82) is 0 Å². The van der Waals surface area contributed by atoms with Gasteiger partial charge in [0.15, 0.2) is 6.61 Å². The lowest BCUT2D eigenvalue weighted by atomic mass is 10.1. The summed E-state index contributed by atoms with van der Waals surface area (Å²) in [4.78, 5) is 11.9. The van der Waals surface area contributed by atoms with E-state index in [-0.39, 0.29) is 12.5 Å². The van der Waals surface area contributed by atoms with Gasteiger partial charge in [-0.25, -0.2) is 0 Å². The molecule has 0 radical (unpaired) electrons. The van der Waals surface area contributed by atoms with Gasteiger partial charge in [0, 0.05) is 22.0 Å². The van der Waals surface area contributed by atoms with Crippen LogP contribution in [0, 0.1) is 0 Å². The van der Waals surface area contributed by atoms with Gasteiger partial charge in [0.2, 0.25) is 0 Å². The van der Waals surface area contributed by atoms with Gasteiger partial charge in [0.05, 0.1) is 12.1 Å². The van der Waals surface area contributed by atoms with Gasteiger partial charge in [-0.15, -0.1) is 0 Å². The Morgan fingerprint density at radius 2 is 2.00 bits per heavy atom. The molecule has 0 unspecified atom stereocenters. The molecule has 1 aromatic heterocycles. The third-order valence-electron chi connectivity index (χ3n) is 3.96. The number of H-pyrrole nitrogens is 1. The summed E-state index contributed by atoms with van der Waals surface area (Å²) in [6.45, 7) is 1.05. The number of nitrogens with one attached hydrogen (secondary N) is 2. The van der Waals surface area contributed by atoms with Crippen molar-refractivity contribution in [2.75, 3.05) is 19.8 Å². The first kappa shape index (κ1) is 16.0. The second kappa shape index (κ2) is 6.76. The van der Waals surface area contributed by atoms with Crippen LogP contribution < -0.4 is 14.8 Å². The number of carbonyl (C=O) groups is 1. The largest absolute Gasteiger partial charge is 0.494 e. The van der Waals surface area contributed by atoms with Crippen LogP contribution in [-0.4, -0.2) is 35.9 Å². The van der Waals surface area contributed by atoms with Crippen LogP contribution in [0.15, 0.2) is 40.9 Å². The molecule has 25 heavy (non-hydrogen) atoms. The van der Waals surface area contributed by atoms with E-state index in [4.69, 9.17) is 9.47 Å². The second-order valence-electron chi connectivity index (χ2n) is 5.80. The van der Waals surface area contributed by atoms with Crippen LogP contribution in [0.4, 0.5) is 0 Å². The standard InChI is InChI=1S/C18H16BrN3O3/c19-12-6-11-7-14(8-12)25-10-17(23)20-4-1-5-24-13-2-3-16-15(9-13)18(11)22-21-16/h2-3,6-9H,1,4-5,10H2,(H,20,23)(H,21,22). The van der Waals surface area contributed by atoms with Gasteiger partial charge in [-0.3, -0.25) is 9.89 Å². The zero-order chi connectivity index (χ0) is 17.2. The maximum atomic E-state index is 11.9. The molecule has 0 spiro atoms. The normalized spacial score (nSPS) is 15.0. The summed E-state index contributed by atoms with van der Waals surface area (Å²) in [5.74, 6) is 1.24. The second-order valence-corrected chi connectivity index (χ2v) is 6.71. The molecule has 0 saturated heterocycles. The van der Waals surface area contributed by atoms with Crippen LogP contribution in [0.2, 0.25) is 0 Å². The van der Waals surface area contributed by atoms with Crippen LogP contribution >= 0.6 is 15.9 Å². The maximum absolute atomic E-state index is 11.9. The lowest BCUT2D eigenvalue weighted by Crippen LogP contribution is -2.30. The van der Waals surface area contributed by atoms with E-state index in [0.717, 1.165) is 38.8 Å². The Bertz CT molecular complexity index is 938. The molecule has 0 atom stereocenters. The SMILES string of the molecule is O=C1COc2cc(Br)cc(c2)-c2n[nH]c3ccc(cc23)OCCCN1. The summed E-state index contributed by atoms with van der Waals surface area (Å²) < 4.78 is 12.3. The fourth-order valence-electron chi connectivity index (χ4n) is 2.78. The molecule has 7 heteroatoms. The number of hydrogen-bond acceptors (Lipinski definition) is 4. The van der Waals surface area contributed by atoms with E-state index in [1.54, 1.807) is 0 Å². The van der Waals surface area contributed by atoms with Crippen molar-refractivity contribution in [3.8, 4) is 22.8 Å². The molecule has 1 amide bonds. The Balaban J connectivity index is 1.81. The van der Waals surface area contributed by atoms with Crippen molar-refractivity contribution in [1.82, 2.24) is 15.5 Å². The summed E-state index contributed by atoms with van der Waals surface area (Å²) in [7, 11) is 0. The highest BCUT2D eigenvalue weighted by molar-refractivity contribution is 9.10. The monoisotopic (exact) mass is 401 g/mol. The molecule has 0 fully saturated rings. The molecule has 3 aromatic rings. The van der Waals surface area contributed by atoms with Crippen molar-refractivity contribution in [2.45, 2.75) is 6.42 Å². The van der Waals surface area contributed by atoms with E-state index in [0.29, 0.717) is 18.9 Å². The molecule has 4 rings (SSSR count). The van der Waals surface area contributed by atoms with Crippen LogP contribution in [0.1, 0.15) is 6.42 Å². The minimum Gasteiger partial charge on any atom is -0.494 e. The third-order valence-corrected chi connectivity index (χ3v) is 4.42. The van der Waals surface area contributed by atoms with Gasteiger partial charge in [-0.05, 0) is 42.8 Å². The van der Waals surface area contributed by atoms with Gasteiger partial charge in [-0.1, -0.05) is 15.9 Å². The number of carbonyl (C=O) groups excluding carboxylic acids is 1. The fraction of sp³-hybridized carbons (Fsp3) is 0.222. The predicted molar refractivity (Wildman–Crippen MR) is 97.8 cm³/mol. The van der Waals surface area contributed by atoms with Crippen molar-refractivity contribution in [2.24, 2.45) is 0 Å². The number of amides is 1. The number of nitrogens with zero attached hydrogens (tertiary/aromatic N) is 1. The zero-order valence-corrected chi connectivity index (χ0v) is 14.9. The topological polar surface area (TPSA) is 76.2 Å². The number of halogens is 1. The fourth-order valence-corrected chi connectivity index (χ4v) is 3.25. The van der Waals surface area contributed by atoms with Crippen LogP contribution in [-0.2, 0) is 4.79 Å². The van der Waals surface area contributed by atoms with Crippen LogP contribution in [0.5, 0.6) is 11.5 Å². The van der Waals surface area contributed by atoms with Gasteiger partial charge in [-0.2, -0.15) is 5.10 Å². The van der Waals surface area contributed by atoms with Crippen molar-refractivity contribution in [3.63, 3.8) is 0 Å². The Morgan fingerprint density at radius 3 is 2.92 bits per heavy atom. The van der Waals surface area contributed by atoms with E-state index in [2.05, 4.69) is 31.4 Å². The number of fused-ring (bicyclic) bond motifs is 4. The highest BCUT2D eigenvalue weighted by Gasteiger charge is 2.13. The van der Waals surface area contributed by atoms with Crippen LogP contribution in [0.25, 0.3) is 22.2 Å². The summed E-state index contributed by atoms with van der Waals surface area (Å²) >= 11 is 3.50. The maximum Gasteiger partial charge on any atom is 0.257 e. The van der Waals surface area contributed by atoms with E-state index in [1.165, 1.54) is 0 Å². The first-order valence-corrected chi connectivity index (χ1v) is 8.80. The molecule has 128 valence electrons. The first-order valence-electron chi connectivity index (χ1n) is 8.00. The van der Waals surface area contributed by atoms with Crippen molar-refractivity contribution >= 4 is 32.7 Å². The van der Waals surface area contributed by atoms with Gasteiger partial charge in [0.1, 0.15) is 17.2 Å². The van der Waals surface area contributed by atoms with E-state index in [9.17, 15) is 4.79 Å². The molecular formula is C18H16BrN3O3. The lowest BCUT2D eigenvalue weighted by molar-refractivity contribution is -0.123. The molecule has 4 bridgehead atoms. The average Bonchev–Trinajstić information content (AvgIpc) is 3.02. The van der Waals surface area contributed by atoms with Crippen LogP contribution in [0.3, 0.4) is 0 Å². The summed E-state index contributed by atoms with van der Waals surface area (Å²) in [5, 5.41) is 11.3. The quantitative estimate of drug-likeness (QED) is 0.605. The molecular weight excluding hydrogens is 386 g/mol. The summed E-state index contributed by atoms with van der Waals surface area (Å²) in [5.41, 5.74) is 2.64. The summed E-state index contributed by atoms with van der Waals surface area (Å²) in [6.07, 6.45) is 0.724. The number of rotatable bonds is 0. The first-order chi connectivity index (χ1) is 12.2. The van der Waals surface area contributed by atoms with Crippen molar-refractivity contribution < 1.29 is 14.3 Å². The highest BCUT2D eigenvalue weighted by atomic mass is 79.9. The zero-order valence-electron chi connectivity index (χ0n) is 13.3. The lowest BCUT2D eigenvalue weighted by Gasteiger charge is -2.09. The smallest absolute Gasteiger partial charge is 0.257 e. The number of benzene rings is 2. The number of aromatic nitrogens is 2. The predicted octanol–water partition coefficient (Wildman–Crippen LogP) is 3.27. The summed E-state index contributed by atoms with van der Waals surface area (Å²) in [6, 6.07) is 11.5. The molecule has 1 aliphatic rings. The molecule has 0 aliphatic carbocycles. The average molecular weight is 402 g/mol. The van der Waals surface area contributed by atoms with Gasteiger partial charge in [0.25, 0.3) is 5.91 Å². The minimum atomic E-state index is -0.154. The molecule has 0 saturated carbocycles. The Kier molecular flexibility index (Phi) is 4.31. The number of aromatic amines is 1. The third kappa shape index (κ3) is 3.46. The highest BCUT2D eigenvalue weighted by Crippen LogP contribution is 2.33. The van der Waals surface area contributed by atoms with E-state index < -0.39 is 0 Å². The van der Waals surface area contributed by atoms with E-state index >= 15 is 0 Å². The van der Waals surface area contributed by atoms with Gasteiger partial charge >= 0.3 is 0 Å². The van der Waals surface area contributed by atoms with Crippen molar-refractivity contribution in [3.05, 3.63) is 40.9 Å². The Labute approximate surface area is 152 Å². The molecule has 2 heterocycles. The molecule has 2 aromatic carbocycles.